The molecule has 0 saturated carbocycles. The molecular weight excluding hydrogens is 330 g/mol. The second kappa shape index (κ2) is 8.84. The van der Waals surface area contributed by atoms with Crippen LogP contribution in [0.15, 0.2) is 24.3 Å². The first kappa shape index (κ1) is 19.1. The van der Waals surface area contributed by atoms with E-state index in [9.17, 15) is 9.90 Å². The molecule has 2 saturated heterocycles. The van der Waals surface area contributed by atoms with Gasteiger partial charge in [-0.2, -0.15) is 0 Å². The van der Waals surface area contributed by atoms with Gasteiger partial charge in [0.15, 0.2) is 0 Å². The molecule has 1 aromatic carbocycles. The molecule has 2 N–H and O–H groups in total. The fourth-order valence-corrected chi connectivity index (χ4v) is 4.00. The maximum Gasteiger partial charge on any atom is 0.251 e. The van der Waals surface area contributed by atoms with E-state index in [0.29, 0.717) is 11.6 Å². The molecule has 6 nitrogen and oxygen atoms in total. The van der Waals surface area contributed by atoms with Crippen molar-refractivity contribution in [2.45, 2.75) is 43.9 Å². The highest BCUT2D eigenvalue weighted by atomic mass is 16.5. The highest BCUT2D eigenvalue weighted by molar-refractivity contribution is 5.94. The summed E-state index contributed by atoms with van der Waals surface area (Å²) in [6.45, 7) is 3.96. The molecule has 2 aliphatic rings. The summed E-state index contributed by atoms with van der Waals surface area (Å²) >= 11 is 0. The average Bonchev–Trinajstić information content (AvgIpc) is 2.84. The van der Waals surface area contributed by atoms with Crippen molar-refractivity contribution in [1.29, 1.82) is 0 Å². The summed E-state index contributed by atoms with van der Waals surface area (Å²) < 4.78 is 5.14. The highest BCUT2D eigenvalue weighted by Gasteiger charge is 2.31. The zero-order valence-corrected chi connectivity index (χ0v) is 15.9. The Labute approximate surface area is 156 Å². The molecule has 144 valence electrons. The lowest BCUT2D eigenvalue weighted by Crippen LogP contribution is -2.52. The number of carbonyl (C=O) groups is 1. The van der Waals surface area contributed by atoms with Crippen molar-refractivity contribution in [3.63, 3.8) is 0 Å². The predicted octanol–water partition coefficient (Wildman–Crippen LogP) is 1.34. The van der Waals surface area contributed by atoms with Crippen LogP contribution < -0.4 is 10.1 Å². The third-order valence-electron chi connectivity index (χ3n) is 5.71. The molecule has 0 bridgehead atoms. The molecule has 3 rings (SSSR count). The first-order valence-electron chi connectivity index (χ1n) is 9.62. The van der Waals surface area contributed by atoms with E-state index in [4.69, 9.17) is 4.74 Å². The fourth-order valence-electron chi connectivity index (χ4n) is 4.00. The van der Waals surface area contributed by atoms with Crippen LogP contribution in [0.3, 0.4) is 0 Å². The number of hydrogen-bond acceptors (Lipinski definition) is 5. The second-order valence-corrected chi connectivity index (χ2v) is 7.55. The van der Waals surface area contributed by atoms with Crippen LogP contribution in [0.5, 0.6) is 5.75 Å². The molecule has 6 heteroatoms. The minimum absolute atomic E-state index is 0.137. The minimum atomic E-state index is -0.492. The summed E-state index contributed by atoms with van der Waals surface area (Å²) in [5, 5.41) is 13.6. The molecule has 0 aromatic heterocycles. The Morgan fingerprint density at radius 3 is 2.50 bits per heavy atom. The van der Waals surface area contributed by atoms with Gasteiger partial charge in [-0.3, -0.25) is 9.69 Å². The Kier molecular flexibility index (Phi) is 6.51. The lowest BCUT2D eigenvalue weighted by atomic mass is 10.0. The molecule has 1 amide bonds. The highest BCUT2D eigenvalue weighted by Crippen LogP contribution is 2.21. The van der Waals surface area contributed by atoms with Crippen LogP contribution in [-0.4, -0.2) is 79.3 Å². The monoisotopic (exact) mass is 361 g/mol. The number of amides is 1. The van der Waals surface area contributed by atoms with Gasteiger partial charge in [0.05, 0.1) is 19.3 Å². The van der Waals surface area contributed by atoms with E-state index in [-0.39, 0.29) is 11.9 Å². The number of piperidine rings is 1. The second-order valence-electron chi connectivity index (χ2n) is 7.55. The molecule has 0 radical (unpaired) electrons. The number of ether oxygens (including phenoxy) is 1. The van der Waals surface area contributed by atoms with Gasteiger partial charge in [-0.05, 0) is 76.6 Å². The predicted molar refractivity (Wildman–Crippen MR) is 102 cm³/mol. The number of nitrogens with zero attached hydrogens (tertiary/aromatic N) is 2. The van der Waals surface area contributed by atoms with Crippen LogP contribution in [0.4, 0.5) is 0 Å². The van der Waals surface area contributed by atoms with Crippen LogP contribution >= 0.6 is 0 Å². The Morgan fingerprint density at radius 2 is 1.85 bits per heavy atom. The number of aliphatic hydroxyl groups is 1. The molecule has 2 atom stereocenters. The average molecular weight is 361 g/mol. The third-order valence-corrected chi connectivity index (χ3v) is 5.71. The topological polar surface area (TPSA) is 65.0 Å². The summed E-state index contributed by atoms with van der Waals surface area (Å²) in [7, 11) is 3.77. The van der Waals surface area contributed by atoms with E-state index >= 15 is 0 Å². The van der Waals surface area contributed by atoms with Crippen molar-refractivity contribution >= 4 is 5.91 Å². The molecular formula is C20H31N3O3. The van der Waals surface area contributed by atoms with E-state index < -0.39 is 6.10 Å². The molecule has 0 unspecified atom stereocenters. The van der Waals surface area contributed by atoms with E-state index in [0.717, 1.165) is 57.6 Å². The summed E-state index contributed by atoms with van der Waals surface area (Å²) in [5.74, 6) is 0.589. The van der Waals surface area contributed by atoms with Gasteiger partial charge in [0, 0.05) is 18.2 Å². The number of nitrogens with one attached hydrogen (secondary N) is 1. The van der Waals surface area contributed by atoms with Crippen molar-refractivity contribution in [3.8, 4) is 5.75 Å². The number of carbonyl (C=O) groups excluding carboxylic acids is 1. The van der Waals surface area contributed by atoms with E-state index in [2.05, 4.69) is 22.2 Å². The van der Waals surface area contributed by atoms with Crippen molar-refractivity contribution in [1.82, 2.24) is 15.1 Å². The van der Waals surface area contributed by atoms with Crippen LogP contribution in [0.25, 0.3) is 0 Å². The molecule has 0 spiro atoms. The number of likely N-dealkylation sites (tertiary alicyclic amines) is 2. The maximum atomic E-state index is 12.6. The summed E-state index contributed by atoms with van der Waals surface area (Å²) in [4.78, 5) is 17.4. The first-order valence-corrected chi connectivity index (χ1v) is 9.62. The van der Waals surface area contributed by atoms with Crippen molar-refractivity contribution in [2.75, 3.05) is 40.3 Å². The van der Waals surface area contributed by atoms with Crippen LogP contribution in [-0.2, 0) is 0 Å². The fraction of sp³-hybridized carbons (Fsp3) is 0.650. The maximum absolute atomic E-state index is 12.6. The summed E-state index contributed by atoms with van der Waals surface area (Å²) in [6, 6.07) is 7.40. The Hall–Kier alpha value is -1.63. The van der Waals surface area contributed by atoms with Crippen LogP contribution in [0.1, 0.15) is 36.0 Å². The van der Waals surface area contributed by atoms with Gasteiger partial charge in [-0.25, -0.2) is 0 Å². The van der Waals surface area contributed by atoms with Crippen molar-refractivity contribution in [2.24, 2.45) is 0 Å². The zero-order valence-electron chi connectivity index (χ0n) is 15.9. The zero-order chi connectivity index (χ0) is 18.5. The third kappa shape index (κ3) is 4.75. The van der Waals surface area contributed by atoms with E-state index in [1.165, 1.54) is 0 Å². The molecule has 26 heavy (non-hydrogen) atoms. The van der Waals surface area contributed by atoms with Gasteiger partial charge in [0.1, 0.15) is 5.75 Å². The number of benzene rings is 1. The van der Waals surface area contributed by atoms with Crippen LogP contribution in [0.2, 0.25) is 0 Å². The minimum Gasteiger partial charge on any atom is -0.497 e. The van der Waals surface area contributed by atoms with E-state index in [1.54, 1.807) is 31.4 Å². The van der Waals surface area contributed by atoms with E-state index in [1.807, 2.05) is 0 Å². The smallest absolute Gasteiger partial charge is 0.251 e. The molecule has 2 fully saturated rings. The lowest BCUT2D eigenvalue weighted by Gasteiger charge is -2.38. The Morgan fingerprint density at radius 1 is 1.15 bits per heavy atom. The van der Waals surface area contributed by atoms with Crippen molar-refractivity contribution < 1.29 is 14.6 Å². The molecule has 1 aromatic rings. The standard InChI is InChI=1S/C20H31N3O3/c1-22-12-9-16(10-13-22)23-11-3-4-19(24)18(14-23)21-20(25)15-5-7-17(26-2)8-6-15/h5-8,16,18-19,24H,3-4,9-14H2,1-2H3,(H,21,25)/t18-,19-/m1/s1. The van der Waals surface area contributed by atoms with Gasteiger partial charge in [-0.15, -0.1) is 0 Å². The lowest BCUT2D eigenvalue weighted by molar-refractivity contribution is 0.0723. The number of methoxy groups -OCH3 is 1. The quantitative estimate of drug-likeness (QED) is 0.847. The summed E-state index contributed by atoms with van der Waals surface area (Å²) in [5.41, 5.74) is 0.591. The molecule has 0 aliphatic carbocycles. The van der Waals surface area contributed by atoms with Crippen molar-refractivity contribution in [3.05, 3.63) is 29.8 Å². The van der Waals surface area contributed by atoms with Gasteiger partial charge in [-0.1, -0.05) is 0 Å². The SMILES string of the molecule is COc1ccc(C(=O)N[C@@H]2CN(C3CCN(C)CC3)CCC[C@H]2O)cc1. The largest absolute Gasteiger partial charge is 0.497 e. The Balaban J connectivity index is 1.63. The van der Waals surface area contributed by atoms with Crippen LogP contribution in [0, 0.1) is 0 Å². The summed E-state index contributed by atoms with van der Waals surface area (Å²) in [6.07, 6.45) is 3.53. The normalized spacial score (nSPS) is 26.3. The number of aliphatic hydroxyl groups excluding tert-OH is 1. The van der Waals surface area contributed by atoms with Gasteiger partial charge in [0.25, 0.3) is 5.91 Å². The first-order chi connectivity index (χ1) is 12.6. The number of rotatable bonds is 4. The Bertz CT molecular complexity index is 584. The van der Waals surface area contributed by atoms with Gasteiger partial charge < -0.3 is 20.1 Å². The van der Waals surface area contributed by atoms with Gasteiger partial charge in [0.2, 0.25) is 0 Å². The number of hydrogen-bond donors (Lipinski definition) is 2. The molecule has 2 heterocycles. The molecule has 2 aliphatic heterocycles. The van der Waals surface area contributed by atoms with Gasteiger partial charge >= 0.3 is 0 Å².